The van der Waals surface area contributed by atoms with E-state index in [1.807, 2.05) is 26.0 Å². The Morgan fingerprint density at radius 2 is 1.88 bits per heavy atom. The number of aryl methyl sites for hydroxylation is 2. The monoisotopic (exact) mass is 221 g/mol. The van der Waals surface area contributed by atoms with Gasteiger partial charge in [-0.25, -0.2) is 0 Å². The summed E-state index contributed by atoms with van der Waals surface area (Å²) in [5.74, 6) is 0. The highest BCUT2D eigenvalue weighted by molar-refractivity contribution is 5.42. The molecule has 16 heavy (non-hydrogen) atoms. The fourth-order valence-electron chi connectivity index (χ4n) is 1.00. The van der Waals surface area contributed by atoms with E-state index in [1.54, 1.807) is 6.07 Å². The molecule has 0 spiro atoms. The predicted octanol–water partition coefficient (Wildman–Crippen LogP) is 3.40. The van der Waals surface area contributed by atoms with E-state index >= 15 is 0 Å². The highest BCUT2D eigenvalue weighted by atomic mass is 16.6. The van der Waals surface area contributed by atoms with Gasteiger partial charge in [-0.05, 0) is 37.1 Å². The molecule has 1 aromatic carbocycles. The summed E-state index contributed by atoms with van der Waals surface area (Å²) in [7, 11) is 0. The van der Waals surface area contributed by atoms with E-state index in [2.05, 4.69) is 10.2 Å². The SMILES string of the molecule is Cc1ccc(N=NC(C)(C)[N+](=O)[O-])cc1C. The lowest BCUT2D eigenvalue weighted by Crippen LogP contribution is -2.27. The Morgan fingerprint density at radius 1 is 1.25 bits per heavy atom. The Bertz CT molecular complexity index is 439. The molecule has 5 heteroatoms. The first-order valence-electron chi connectivity index (χ1n) is 4.97. The first-order valence-corrected chi connectivity index (χ1v) is 4.97. The van der Waals surface area contributed by atoms with Gasteiger partial charge in [-0.3, -0.25) is 10.1 Å². The van der Waals surface area contributed by atoms with Crippen LogP contribution < -0.4 is 0 Å². The Balaban J connectivity index is 2.93. The van der Waals surface area contributed by atoms with Gasteiger partial charge in [-0.1, -0.05) is 6.07 Å². The summed E-state index contributed by atoms with van der Waals surface area (Å²) < 4.78 is 0. The molecule has 5 nitrogen and oxygen atoms in total. The van der Waals surface area contributed by atoms with E-state index in [9.17, 15) is 10.1 Å². The van der Waals surface area contributed by atoms with Crippen LogP contribution in [0, 0.1) is 24.0 Å². The number of nitrogens with zero attached hydrogens (tertiary/aromatic N) is 3. The second kappa shape index (κ2) is 4.38. The summed E-state index contributed by atoms with van der Waals surface area (Å²) in [4.78, 5) is 10.2. The molecule has 1 rings (SSSR count). The summed E-state index contributed by atoms with van der Waals surface area (Å²) in [5, 5.41) is 18.2. The Morgan fingerprint density at radius 3 is 2.38 bits per heavy atom. The topological polar surface area (TPSA) is 67.9 Å². The third-order valence-electron chi connectivity index (χ3n) is 2.35. The fraction of sp³-hybridized carbons (Fsp3) is 0.455. The summed E-state index contributed by atoms with van der Waals surface area (Å²) in [6.45, 7) is 6.79. The number of hydrogen-bond donors (Lipinski definition) is 0. The average Bonchev–Trinajstić information content (AvgIpc) is 2.20. The Hall–Kier alpha value is -1.78. The summed E-state index contributed by atoms with van der Waals surface area (Å²) in [5.41, 5.74) is 1.51. The highest BCUT2D eigenvalue weighted by Crippen LogP contribution is 2.20. The average molecular weight is 221 g/mol. The van der Waals surface area contributed by atoms with Crippen molar-refractivity contribution in [3.8, 4) is 0 Å². The summed E-state index contributed by atoms with van der Waals surface area (Å²) >= 11 is 0. The van der Waals surface area contributed by atoms with Gasteiger partial charge in [0.25, 0.3) is 0 Å². The molecule has 86 valence electrons. The van der Waals surface area contributed by atoms with E-state index in [4.69, 9.17) is 0 Å². The van der Waals surface area contributed by atoms with Gasteiger partial charge in [0.15, 0.2) is 0 Å². The number of nitro groups is 1. The minimum absolute atomic E-state index is 0.461. The zero-order valence-corrected chi connectivity index (χ0v) is 9.89. The first-order chi connectivity index (χ1) is 7.33. The van der Waals surface area contributed by atoms with E-state index in [0.717, 1.165) is 11.1 Å². The van der Waals surface area contributed by atoms with Gasteiger partial charge in [0.2, 0.25) is 0 Å². The fourth-order valence-corrected chi connectivity index (χ4v) is 1.00. The van der Waals surface area contributed by atoms with Gasteiger partial charge < -0.3 is 0 Å². The maximum absolute atomic E-state index is 10.6. The number of azo groups is 1. The van der Waals surface area contributed by atoms with Crippen LogP contribution in [0.5, 0.6) is 0 Å². The van der Waals surface area contributed by atoms with Crippen LogP contribution in [-0.4, -0.2) is 10.6 Å². The van der Waals surface area contributed by atoms with Crippen molar-refractivity contribution in [2.75, 3.05) is 0 Å². The molecule has 0 radical (unpaired) electrons. The zero-order chi connectivity index (χ0) is 12.3. The Kier molecular flexibility index (Phi) is 3.37. The molecule has 0 atom stereocenters. The van der Waals surface area contributed by atoms with Gasteiger partial charge >= 0.3 is 5.66 Å². The number of benzene rings is 1. The highest BCUT2D eigenvalue weighted by Gasteiger charge is 2.29. The van der Waals surface area contributed by atoms with Gasteiger partial charge in [0.05, 0.1) is 10.6 Å². The molecule has 0 saturated carbocycles. The quantitative estimate of drug-likeness (QED) is 0.446. The summed E-state index contributed by atoms with van der Waals surface area (Å²) in [6, 6.07) is 5.57. The minimum atomic E-state index is -1.38. The lowest BCUT2D eigenvalue weighted by molar-refractivity contribution is -0.559. The van der Waals surface area contributed by atoms with E-state index in [1.165, 1.54) is 13.8 Å². The van der Waals surface area contributed by atoms with Crippen LogP contribution in [0.25, 0.3) is 0 Å². The van der Waals surface area contributed by atoms with Crippen molar-refractivity contribution in [3.05, 3.63) is 39.4 Å². The van der Waals surface area contributed by atoms with Crippen molar-refractivity contribution < 1.29 is 4.92 Å². The molecule has 0 unspecified atom stereocenters. The van der Waals surface area contributed by atoms with Crippen molar-refractivity contribution in [1.82, 2.24) is 0 Å². The lowest BCUT2D eigenvalue weighted by atomic mass is 10.1. The second-order valence-corrected chi connectivity index (χ2v) is 4.22. The van der Waals surface area contributed by atoms with E-state index < -0.39 is 10.6 Å². The Labute approximate surface area is 94.4 Å². The van der Waals surface area contributed by atoms with Gasteiger partial charge in [-0.15, -0.1) is 10.2 Å². The molecule has 0 aromatic heterocycles. The molecule has 1 aromatic rings. The minimum Gasteiger partial charge on any atom is -0.262 e. The number of rotatable bonds is 3. The van der Waals surface area contributed by atoms with E-state index in [-0.39, 0.29) is 0 Å². The molecule has 0 bridgehead atoms. The maximum atomic E-state index is 10.6. The molecule has 0 heterocycles. The molecule has 0 aliphatic rings. The van der Waals surface area contributed by atoms with Crippen LogP contribution in [0.4, 0.5) is 5.69 Å². The molecule has 0 amide bonds. The maximum Gasteiger partial charge on any atom is 0.324 e. The van der Waals surface area contributed by atoms with Crippen LogP contribution >= 0.6 is 0 Å². The first kappa shape index (κ1) is 12.3. The smallest absolute Gasteiger partial charge is 0.262 e. The van der Waals surface area contributed by atoms with Gasteiger partial charge in [-0.2, -0.15) is 0 Å². The molecule has 0 N–H and O–H groups in total. The molecular weight excluding hydrogens is 206 g/mol. The van der Waals surface area contributed by atoms with Crippen LogP contribution in [0.15, 0.2) is 28.4 Å². The molecule has 0 aliphatic heterocycles. The van der Waals surface area contributed by atoms with Gasteiger partial charge in [0, 0.05) is 13.8 Å². The third-order valence-corrected chi connectivity index (χ3v) is 2.35. The van der Waals surface area contributed by atoms with Crippen LogP contribution in [-0.2, 0) is 0 Å². The molecular formula is C11H15N3O2. The second-order valence-electron chi connectivity index (χ2n) is 4.22. The number of hydrogen-bond acceptors (Lipinski definition) is 4. The third kappa shape index (κ3) is 2.85. The summed E-state index contributed by atoms with van der Waals surface area (Å²) in [6.07, 6.45) is 0. The van der Waals surface area contributed by atoms with E-state index in [0.29, 0.717) is 5.69 Å². The van der Waals surface area contributed by atoms with Crippen molar-refractivity contribution in [1.29, 1.82) is 0 Å². The standard InChI is InChI=1S/C11H15N3O2/c1-8-5-6-10(7-9(8)2)12-13-11(3,4)14(15)16/h5-7H,1-4H3. The predicted molar refractivity (Wildman–Crippen MR) is 61.5 cm³/mol. The van der Waals surface area contributed by atoms with Crippen molar-refractivity contribution in [2.45, 2.75) is 33.4 Å². The van der Waals surface area contributed by atoms with Gasteiger partial charge in [0.1, 0.15) is 0 Å². The van der Waals surface area contributed by atoms with Crippen LogP contribution in [0.3, 0.4) is 0 Å². The van der Waals surface area contributed by atoms with Crippen molar-refractivity contribution in [3.63, 3.8) is 0 Å². The normalized spacial score (nSPS) is 12.0. The van der Waals surface area contributed by atoms with Crippen molar-refractivity contribution >= 4 is 5.69 Å². The van der Waals surface area contributed by atoms with Crippen LogP contribution in [0.1, 0.15) is 25.0 Å². The molecule has 0 fully saturated rings. The van der Waals surface area contributed by atoms with Crippen LogP contribution in [0.2, 0.25) is 0 Å². The molecule has 0 saturated heterocycles. The van der Waals surface area contributed by atoms with Crippen molar-refractivity contribution in [2.24, 2.45) is 10.2 Å². The zero-order valence-electron chi connectivity index (χ0n) is 9.89. The largest absolute Gasteiger partial charge is 0.324 e. The molecule has 0 aliphatic carbocycles. The lowest BCUT2D eigenvalue weighted by Gasteiger charge is -2.07.